The number of fused-ring (bicyclic) bond motifs is 9. The lowest BCUT2D eigenvalue weighted by molar-refractivity contribution is 0.670. The summed E-state index contributed by atoms with van der Waals surface area (Å²) in [5.41, 5.74) is 17.9. The van der Waals surface area contributed by atoms with Crippen LogP contribution >= 0.6 is 0 Å². The topological polar surface area (TPSA) is 21.3 Å². The van der Waals surface area contributed by atoms with E-state index in [2.05, 4.69) is 264 Å². The molecule has 0 atom stereocenters. The molecule has 0 amide bonds. The summed E-state index contributed by atoms with van der Waals surface area (Å²) < 4.78 is 8.79. The average Bonchev–Trinajstić information content (AvgIpc) is 4.00. The molecule has 14 aromatic rings. The molecule has 2 heterocycles. The van der Waals surface area contributed by atoms with Crippen LogP contribution < -0.4 is 4.90 Å². The van der Waals surface area contributed by atoms with Gasteiger partial charge in [-0.2, -0.15) is 0 Å². The van der Waals surface area contributed by atoms with Crippen molar-refractivity contribution >= 4 is 82.4 Å². The van der Waals surface area contributed by atoms with Crippen molar-refractivity contribution < 1.29 is 4.42 Å². The van der Waals surface area contributed by atoms with Gasteiger partial charge in [-0.15, -0.1) is 0 Å². The zero-order valence-electron chi connectivity index (χ0n) is 38.7. The normalized spacial score (nSPS) is 11.7. The zero-order chi connectivity index (χ0) is 46.8. The lowest BCUT2D eigenvalue weighted by atomic mass is 9.98. The summed E-state index contributed by atoms with van der Waals surface area (Å²) in [6, 6.07) is 96.6. The largest absolute Gasteiger partial charge is 0.455 e. The van der Waals surface area contributed by atoms with E-state index in [1.54, 1.807) is 0 Å². The summed E-state index contributed by atoms with van der Waals surface area (Å²) in [6.07, 6.45) is 0. The minimum atomic E-state index is 0.911. The van der Waals surface area contributed by atoms with Gasteiger partial charge in [-0.1, -0.05) is 206 Å². The van der Waals surface area contributed by atoms with Gasteiger partial charge in [0, 0.05) is 49.7 Å². The van der Waals surface area contributed by atoms with Crippen LogP contribution in [0.15, 0.2) is 271 Å². The fourth-order valence-corrected chi connectivity index (χ4v) is 10.9. The molecule has 14 rings (SSSR count). The maximum Gasteiger partial charge on any atom is 0.143 e. The maximum absolute atomic E-state index is 6.38. The molecule has 0 aliphatic heterocycles. The monoisotopic (exact) mass is 904 g/mol. The summed E-state index contributed by atoms with van der Waals surface area (Å²) in [7, 11) is 0. The fourth-order valence-electron chi connectivity index (χ4n) is 10.9. The third-order valence-corrected chi connectivity index (χ3v) is 14.4. The number of para-hydroxylation sites is 5. The van der Waals surface area contributed by atoms with E-state index < -0.39 is 0 Å². The fraction of sp³-hybridized carbons (Fsp3) is 0. The first kappa shape index (κ1) is 40.6. The third-order valence-electron chi connectivity index (χ3n) is 14.4. The highest BCUT2D eigenvalue weighted by Gasteiger charge is 2.18. The number of nitrogens with zero attached hydrogens (tertiary/aromatic N) is 2. The van der Waals surface area contributed by atoms with Gasteiger partial charge in [0.25, 0.3) is 0 Å². The van der Waals surface area contributed by atoms with E-state index in [4.69, 9.17) is 4.42 Å². The van der Waals surface area contributed by atoms with Gasteiger partial charge in [0.15, 0.2) is 0 Å². The van der Waals surface area contributed by atoms with Crippen molar-refractivity contribution in [1.82, 2.24) is 4.57 Å². The molecule has 0 fully saturated rings. The lowest BCUT2D eigenvalue weighted by Crippen LogP contribution is -2.09. The van der Waals surface area contributed by atoms with Crippen molar-refractivity contribution in [2.24, 2.45) is 0 Å². The second kappa shape index (κ2) is 16.7. The van der Waals surface area contributed by atoms with E-state index in [0.717, 1.165) is 66.8 Å². The quantitative estimate of drug-likeness (QED) is 0.142. The summed E-state index contributed by atoms with van der Waals surface area (Å²) in [5, 5.41) is 9.77. The highest BCUT2D eigenvalue weighted by atomic mass is 16.3. The van der Waals surface area contributed by atoms with Crippen LogP contribution in [0.1, 0.15) is 0 Å². The molecule has 0 saturated carbocycles. The van der Waals surface area contributed by atoms with E-state index in [1.165, 1.54) is 65.7 Å². The second-order valence-corrected chi connectivity index (χ2v) is 18.4. The van der Waals surface area contributed by atoms with Crippen LogP contribution in [0, 0.1) is 0 Å². The van der Waals surface area contributed by atoms with E-state index >= 15 is 0 Å². The van der Waals surface area contributed by atoms with Gasteiger partial charge in [-0.25, -0.2) is 0 Å². The number of hydrogen-bond donors (Lipinski definition) is 0. The Kier molecular flexibility index (Phi) is 9.53. The summed E-state index contributed by atoms with van der Waals surface area (Å²) in [4.78, 5) is 2.37. The van der Waals surface area contributed by atoms with Gasteiger partial charge in [0.2, 0.25) is 0 Å². The van der Waals surface area contributed by atoms with Crippen LogP contribution in [0.25, 0.3) is 115 Å². The van der Waals surface area contributed by atoms with Crippen molar-refractivity contribution in [1.29, 1.82) is 0 Å². The van der Waals surface area contributed by atoms with Crippen molar-refractivity contribution in [3.8, 4) is 50.2 Å². The van der Waals surface area contributed by atoms with Crippen LogP contribution in [-0.2, 0) is 0 Å². The highest BCUT2D eigenvalue weighted by Crippen LogP contribution is 2.42. The van der Waals surface area contributed by atoms with Crippen molar-refractivity contribution in [3.05, 3.63) is 267 Å². The molecule has 0 N–H and O–H groups in total. The van der Waals surface area contributed by atoms with E-state index in [1.807, 2.05) is 12.1 Å². The van der Waals surface area contributed by atoms with Gasteiger partial charge in [0.1, 0.15) is 11.2 Å². The number of furan rings is 1. The Bertz CT molecular complexity index is 4260. The molecule has 0 aliphatic carbocycles. The van der Waals surface area contributed by atoms with Crippen LogP contribution in [0.2, 0.25) is 0 Å². The third kappa shape index (κ3) is 6.89. The Morgan fingerprint density at radius 1 is 0.282 bits per heavy atom. The smallest absolute Gasteiger partial charge is 0.143 e. The molecule has 71 heavy (non-hydrogen) atoms. The summed E-state index contributed by atoms with van der Waals surface area (Å²) in [5.74, 6) is 0. The molecule has 0 unspecified atom stereocenters. The van der Waals surface area contributed by atoms with Gasteiger partial charge >= 0.3 is 0 Å². The molecule has 0 saturated heterocycles. The molecule has 3 heteroatoms. The Morgan fingerprint density at radius 2 is 0.732 bits per heavy atom. The minimum Gasteiger partial charge on any atom is -0.455 e. The van der Waals surface area contributed by atoms with Crippen LogP contribution in [0.3, 0.4) is 0 Å². The number of anilines is 3. The van der Waals surface area contributed by atoms with E-state index in [9.17, 15) is 0 Å². The second-order valence-electron chi connectivity index (χ2n) is 18.4. The molecule has 332 valence electrons. The molecule has 0 radical (unpaired) electrons. The Morgan fingerprint density at radius 3 is 1.39 bits per heavy atom. The highest BCUT2D eigenvalue weighted by molar-refractivity contribution is 6.11. The van der Waals surface area contributed by atoms with E-state index in [-0.39, 0.29) is 0 Å². The maximum atomic E-state index is 6.38. The first-order chi connectivity index (χ1) is 35.2. The average molecular weight is 905 g/mol. The molecule has 12 aromatic carbocycles. The Labute approximate surface area is 411 Å². The van der Waals surface area contributed by atoms with Crippen LogP contribution in [-0.4, -0.2) is 4.57 Å². The number of benzene rings is 12. The van der Waals surface area contributed by atoms with Crippen molar-refractivity contribution in [3.63, 3.8) is 0 Å². The zero-order valence-corrected chi connectivity index (χ0v) is 38.7. The summed E-state index contributed by atoms with van der Waals surface area (Å²) in [6.45, 7) is 0. The lowest BCUT2D eigenvalue weighted by Gasteiger charge is -2.26. The van der Waals surface area contributed by atoms with Gasteiger partial charge in [0.05, 0.1) is 16.7 Å². The van der Waals surface area contributed by atoms with Gasteiger partial charge in [-0.3, -0.25) is 0 Å². The predicted octanol–water partition coefficient (Wildman–Crippen LogP) is 19.1. The molecule has 2 aromatic heterocycles. The van der Waals surface area contributed by atoms with E-state index in [0.29, 0.717) is 0 Å². The minimum absolute atomic E-state index is 0.911. The first-order valence-corrected chi connectivity index (χ1v) is 24.3. The molecule has 0 spiro atoms. The number of hydrogen-bond acceptors (Lipinski definition) is 2. The number of aromatic nitrogens is 1. The molecular weight excluding hydrogens is 861 g/mol. The van der Waals surface area contributed by atoms with Crippen LogP contribution in [0.4, 0.5) is 17.1 Å². The molecular formula is C68H44N2O. The first-order valence-electron chi connectivity index (χ1n) is 24.3. The standard InChI is InChI=1S/C68H44N2O/c1-2-13-56-49(12-1)32-33-52-44-55(42-43-57(52)56)69(54-40-36-48(37-41-54)46-26-30-51(31-27-46)59-18-11-19-63-62-17-6-10-23-67(62)71-68(59)63)53-38-34-47(35-39-53)45-24-28-50(29-25-45)58-14-3-7-20-64(58)70-65-21-8-4-15-60(65)61-16-5-9-22-66(61)70/h1-44H. The van der Waals surface area contributed by atoms with Gasteiger partial charge < -0.3 is 13.9 Å². The van der Waals surface area contributed by atoms with Crippen molar-refractivity contribution in [2.45, 2.75) is 0 Å². The SMILES string of the molecule is c1ccc(-n2c3ccccc3c3ccccc32)c(-c2ccc(-c3ccc(N(c4ccc(-c5ccc(-c6cccc7c6oc6ccccc67)cc5)cc4)c4ccc5c(ccc6ccccc65)c4)cc3)cc2)c1. The Balaban J connectivity index is 0.793. The molecule has 0 bridgehead atoms. The van der Waals surface area contributed by atoms with Crippen molar-refractivity contribution in [2.75, 3.05) is 4.90 Å². The summed E-state index contributed by atoms with van der Waals surface area (Å²) >= 11 is 0. The number of rotatable bonds is 8. The predicted molar refractivity (Wildman–Crippen MR) is 299 cm³/mol. The Hall–Kier alpha value is -9.44. The van der Waals surface area contributed by atoms with Gasteiger partial charge in [-0.05, 0) is 116 Å². The molecule has 0 aliphatic rings. The van der Waals surface area contributed by atoms with Crippen LogP contribution in [0.5, 0.6) is 0 Å². The molecule has 3 nitrogen and oxygen atoms in total.